The van der Waals surface area contributed by atoms with E-state index in [0.717, 1.165) is 12.1 Å². The number of hydrogen-bond donors (Lipinski definition) is 1. The Morgan fingerprint density at radius 1 is 1.19 bits per heavy atom. The van der Waals surface area contributed by atoms with Gasteiger partial charge in [0.1, 0.15) is 0 Å². The molecule has 1 aromatic carbocycles. The van der Waals surface area contributed by atoms with Crippen molar-refractivity contribution in [3.05, 3.63) is 35.4 Å². The second-order valence-corrected chi connectivity index (χ2v) is 4.06. The Kier molecular flexibility index (Phi) is 3.99. The zero-order valence-corrected chi connectivity index (χ0v) is 9.55. The Morgan fingerprint density at radius 2 is 1.81 bits per heavy atom. The van der Waals surface area contributed by atoms with Gasteiger partial charge in [0.05, 0.1) is 5.92 Å². The van der Waals surface area contributed by atoms with E-state index in [2.05, 4.69) is 5.32 Å². The molecule has 0 fully saturated rings. The highest BCUT2D eigenvalue weighted by Crippen LogP contribution is 2.18. The van der Waals surface area contributed by atoms with E-state index < -0.39 is 17.6 Å². The van der Waals surface area contributed by atoms with Gasteiger partial charge in [-0.3, -0.25) is 4.79 Å². The number of carbonyl (C=O) groups excluding carboxylic acids is 1. The third kappa shape index (κ3) is 3.02. The van der Waals surface area contributed by atoms with Crippen LogP contribution in [-0.2, 0) is 4.79 Å². The lowest BCUT2D eigenvalue weighted by molar-refractivity contribution is -0.122. The van der Waals surface area contributed by atoms with E-state index in [-0.39, 0.29) is 11.9 Å². The van der Waals surface area contributed by atoms with Crippen molar-refractivity contribution in [2.45, 2.75) is 32.7 Å². The van der Waals surface area contributed by atoms with E-state index in [1.807, 2.05) is 13.8 Å². The van der Waals surface area contributed by atoms with Gasteiger partial charge < -0.3 is 5.32 Å². The van der Waals surface area contributed by atoms with E-state index in [1.165, 1.54) is 6.07 Å². The van der Waals surface area contributed by atoms with E-state index in [4.69, 9.17) is 0 Å². The summed E-state index contributed by atoms with van der Waals surface area (Å²) in [6.07, 6.45) is 0. The standard InChI is InChI=1S/C12H15F2NO/c1-7(2)15-12(16)8(3)9-4-5-10(13)11(14)6-9/h4-8H,1-3H3,(H,15,16). The highest BCUT2D eigenvalue weighted by Gasteiger charge is 2.17. The van der Waals surface area contributed by atoms with E-state index in [1.54, 1.807) is 6.92 Å². The van der Waals surface area contributed by atoms with Crippen LogP contribution in [0.25, 0.3) is 0 Å². The monoisotopic (exact) mass is 227 g/mol. The van der Waals surface area contributed by atoms with Crippen molar-refractivity contribution < 1.29 is 13.6 Å². The Balaban J connectivity index is 2.83. The molecular formula is C12H15F2NO. The van der Waals surface area contributed by atoms with Crippen molar-refractivity contribution in [3.63, 3.8) is 0 Å². The van der Waals surface area contributed by atoms with E-state index in [9.17, 15) is 13.6 Å². The number of carbonyl (C=O) groups is 1. The Hall–Kier alpha value is -1.45. The lowest BCUT2D eigenvalue weighted by Crippen LogP contribution is -2.33. The maximum absolute atomic E-state index is 13.0. The summed E-state index contributed by atoms with van der Waals surface area (Å²) >= 11 is 0. The van der Waals surface area contributed by atoms with Crippen molar-refractivity contribution in [1.82, 2.24) is 5.32 Å². The van der Waals surface area contributed by atoms with Crippen LogP contribution in [0.15, 0.2) is 18.2 Å². The van der Waals surface area contributed by atoms with Gasteiger partial charge in [0.15, 0.2) is 11.6 Å². The fraction of sp³-hybridized carbons (Fsp3) is 0.417. The van der Waals surface area contributed by atoms with Crippen LogP contribution in [0, 0.1) is 11.6 Å². The van der Waals surface area contributed by atoms with Crippen LogP contribution >= 0.6 is 0 Å². The predicted octanol–water partition coefficient (Wildman–Crippen LogP) is 2.59. The first kappa shape index (κ1) is 12.6. The third-order valence-corrected chi connectivity index (χ3v) is 2.27. The summed E-state index contributed by atoms with van der Waals surface area (Å²) < 4.78 is 25.7. The molecule has 1 N–H and O–H groups in total. The molecule has 88 valence electrons. The summed E-state index contributed by atoms with van der Waals surface area (Å²) in [6.45, 7) is 5.34. The van der Waals surface area contributed by atoms with Crippen LogP contribution < -0.4 is 5.32 Å². The molecule has 0 saturated carbocycles. The highest BCUT2D eigenvalue weighted by molar-refractivity contribution is 5.83. The number of amides is 1. The maximum atomic E-state index is 13.0. The lowest BCUT2D eigenvalue weighted by Gasteiger charge is -2.14. The van der Waals surface area contributed by atoms with E-state index >= 15 is 0 Å². The van der Waals surface area contributed by atoms with Gasteiger partial charge in [-0.05, 0) is 38.5 Å². The molecule has 0 aromatic heterocycles. The second-order valence-electron chi connectivity index (χ2n) is 4.06. The molecule has 0 aliphatic heterocycles. The average molecular weight is 227 g/mol. The lowest BCUT2D eigenvalue weighted by atomic mass is 10.00. The largest absolute Gasteiger partial charge is 0.353 e. The average Bonchev–Trinajstić information content (AvgIpc) is 2.20. The van der Waals surface area contributed by atoms with Crippen LogP contribution in [0.2, 0.25) is 0 Å². The fourth-order valence-electron chi connectivity index (χ4n) is 1.34. The van der Waals surface area contributed by atoms with Crippen molar-refractivity contribution in [3.8, 4) is 0 Å². The quantitative estimate of drug-likeness (QED) is 0.844. The number of nitrogens with one attached hydrogen (secondary N) is 1. The molecular weight excluding hydrogens is 212 g/mol. The summed E-state index contributed by atoms with van der Waals surface area (Å²) in [5, 5.41) is 2.72. The molecule has 0 aliphatic carbocycles. The zero-order chi connectivity index (χ0) is 12.3. The molecule has 0 saturated heterocycles. The molecule has 0 heterocycles. The molecule has 2 nitrogen and oxygen atoms in total. The summed E-state index contributed by atoms with van der Waals surface area (Å²) in [5.74, 6) is -2.51. The number of halogens is 2. The van der Waals surface area contributed by atoms with Gasteiger partial charge >= 0.3 is 0 Å². The molecule has 1 rings (SSSR count). The van der Waals surface area contributed by atoms with Crippen molar-refractivity contribution >= 4 is 5.91 Å². The molecule has 0 aliphatic rings. The van der Waals surface area contributed by atoms with Crippen LogP contribution in [0.5, 0.6) is 0 Å². The Morgan fingerprint density at radius 3 is 2.31 bits per heavy atom. The molecule has 1 amide bonds. The first-order valence-electron chi connectivity index (χ1n) is 5.17. The van der Waals surface area contributed by atoms with Crippen molar-refractivity contribution in [1.29, 1.82) is 0 Å². The van der Waals surface area contributed by atoms with Crippen LogP contribution in [0.4, 0.5) is 8.78 Å². The summed E-state index contributed by atoms with van der Waals surface area (Å²) in [5.41, 5.74) is 0.469. The van der Waals surface area contributed by atoms with Crippen molar-refractivity contribution in [2.75, 3.05) is 0 Å². The molecule has 0 spiro atoms. The van der Waals surface area contributed by atoms with Gasteiger partial charge in [0.25, 0.3) is 0 Å². The minimum atomic E-state index is -0.929. The highest BCUT2D eigenvalue weighted by atomic mass is 19.2. The van der Waals surface area contributed by atoms with Crippen LogP contribution in [0.3, 0.4) is 0 Å². The molecule has 1 atom stereocenters. The number of benzene rings is 1. The third-order valence-electron chi connectivity index (χ3n) is 2.27. The van der Waals surface area contributed by atoms with E-state index in [0.29, 0.717) is 5.56 Å². The number of hydrogen-bond acceptors (Lipinski definition) is 1. The first-order valence-corrected chi connectivity index (χ1v) is 5.17. The van der Waals surface area contributed by atoms with Gasteiger partial charge in [-0.1, -0.05) is 6.07 Å². The minimum absolute atomic E-state index is 0.0280. The Bertz CT molecular complexity index is 391. The van der Waals surface area contributed by atoms with Gasteiger partial charge in [-0.25, -0.2) is 8.78 Å². The minimum Gasteiger partial charge on any atom is -0.353 e. The van der Waals surface area contributed by atoms with Crippen LogP contribution in [-0.4, -0.2) is 11.9 Å². The molecule has 16 heavy (non-hydrogen) atoms. The van der Waals surface area contributed by atoms with Gasteiger partial charge in [-0.15, -0.1) is 0 Å². The summed E-state index contributed by atoms with van der Waals surface area (Å²) in [6, 6.07) is 3.53. The topological polar surface area (TPSA) is 29.1 Å². The van der Waals surface area contributed by atoms with Crippen LogP contribution in [0.1, 0.15) is 32.3 Å². The summed E-state index contributed by atoms with van der Waals surface area (Å²) in [4.78, 5) is 11.6. The van der Waals surface area contributed by atoms with Crippen molar-refractivity contribution in [2.24, 2.45) is 0 Å². The molecule has 1 aromatic rings. The normalized spacial score (nSPS) is 12.6. The van der Waals surface area contributed by atoms with Gasteiger partial charge in [0, 0.05) is 6.04 Å². The van der Waals surface area contributed by atoms with Gasteiger partial charge in [0.2, 0.25) is 5.91 Å². The first-order chi connectivity index (χ1) is 7.41. The zero-order valence-electron chi connectivity index (χ0n) is 9.55. The molecule has 1 unspecified atom stereocenters. The molecule has 4 heteroatoms. The molecule has 0 bridgehead atoms. The predicted molar refractivity (Wildman–Crippen MR) is 58.1 cm³/mol. The number of rotatable bonds is 3. The summed E-state index contributed by atoms with van der Waals surface area (Å²) in [7, 11) is 0. The Labute approximate surface area is 93.7 Å². The van der Waals surface area contributed by atoms with Gasteiger partial charge in [-0.2, -0.15) is 0 Å². The SMILES string of the molecule is CC(C)NC(=O)C(C)c1ccc(F)c(F)c1. The fourth-order valence-corrected chi connectivity index (χ4v) is 1.34. The second kappa shape index (κ2) is 5.05. The smallest absolute Gasteiger partial charge is 0.227 e. The maximum Gasteiger partial charge on any atom is 0.227 e. The molecule has 0 radical (unpaired) electrons.